The molecule has 8 nitrogen and oxygen atoms in total. The van der Waals surface area contributed by atoms with Gasteiger partial charge >= 0.3 is 6.09 Å². The molecule has 2 N–H and O–H groups in total. The molecule has 2 heterocycles. The van der Waals surface area contributed by atoms with E-state index in [1.807, 2.05) is 25.9 Å². The lowest BCUT2D eigenvalue weighted by Crippen LogP contribution is -2.42. The summed E-state index contributed by atoms with van der Waals surface area (Å²) < 4.78 is 5.03. The number of hydrogen-bond donors (Lipinski definition) is 2. The van der Waals surface area contributed by atoms with Crippen LogP contribution in [-0.4, -0.2) is 79.7 Å². The first kappa shape index (κ1) is 20.0. The molecule has 0 aliphatic carbocycles. The fourth-order valence-corrected chi connectivity index (χ4v) is 2.78. The van der Waals surface area contributed by atoms with Crippen molar-refractivity contribution >= 4 is 17.8 Å². The molecule has 0 atom stereocenters. The van der Waals surface area contributed by atoms with E-state index < -0.39 is 0 Å². The molecule has 2 amide bonds. The van der Waals surface area contributed by atoms with Crippen LogP contribution in [0.1, 0.15) is 30.1 Å². The number of nitrogens with one attached hydrogen (secondary N) is 2. The van der Waals surface area contributed by atoms with Crippen LogP contribution in [0.25, 0.3) is 0 Å². The predicted molar refractivity (Wildman–Crippen MR) is 100 cm³/mol. The minimum atomic E-state index is -0.250. The molecule has 0 spiro atoms. The van der Waals surface area contributed by atoms with Gasteiger partial charge < -0.3 is 25.2 Å². The van der Waals surface area contributed by atoms with Crippen LogP contribution in [0, 0.1) is 0 Å². The Morgan fingerprint density at radius 1 is 1.35 bits per heavy atom. The van der Waals surface area contributed by atoms with Crippen LogP contribution in [0.4, 0.5) is 10.6 Å². The summed E-state index contributed by atoms with van der Waals surface area (Å²) in [5.41, 5.74) is 0.588. The van der Waals surface area contributed by atoms with E-state index in [1.165, 1.54) is 0 Å². The van der Waals surface area contributed by atoms with Crippen LogP contribution < -0.4 is 10.6 Å². The highest BCUT2D eigenvalue weighted by Gasteiger charge is 2.23. The van der Waals surface area contributed by atoms with E-state index >= 15 is 0 Å². The summed E-state index contributed by atoms with van der Waals surface area (Å²) in [6.07, 6.45) is 3.02. The molecule has 1 fully saturated rings. The number of hydrogen-bond acceptors (Lipinski definition) is 6. The minimum Gasteiger partial charge on any atom is -0.450 e. The summed E-state index contributed by atoms with van der Waals surface area (Å²) in [6, 6.07) is 3.70. The van der Waals surface area contributed by atoms with Crippen LogP contribution in [0.2, 0.25) is 0 Å². The van der Waals surface area contributed by atoms with Crippen LogP contribution >= 0.6 is 0 Å². The Hall–Kier alpha value is -2.35. The van der Waals surface area contributed by atoms with Crippen LogP contribution in [0.3, 0.4) is 0 Å². The van der Waals surface area contributed by atoms with Gasteiger partial charge in [-0.15, -0.1) is 0 Å². The first-order chi connectivity index (χ1) is 12.5. The first-order valence-corrected chi connectivity index (χ1v) is 9.06. The summed E-state index contributed by atoms with van der Waals surface area (Å²) >= 11 is 0. The van der Waals surface area contributed by atoms with Crippen LogP contribution in [-0.2, 0) is 4.74 Å². The van der Waals surface area contributed by atoms with Gasteiger partial charge in [0.15, 0.2) is 0 Å². The molecule has 1 aliphatic rings. The zero-order chi connectivity index (χ0) is 18.9. The molecule has 1 aliphatic heterocycles. The number of rotatable bonds is 7. The Bertz CT molecular complexity index is 600. The van der Waals surface area contributed by atoms with Crippen molar-refractivity contribution in [3.63, 3.8) is 0 Å². The molecule has 0 radical (unpaired) electrons. The second-order valence-corrected chi connectivity index (χ2v) is 6.59. The molecule has 1 saturated heterocycles. The Kier molecular flexibility index (Phi) is 7.65. The topological polar surface area (TPSA) is 86.8 Å². The number of nitrogens with zero attached hydrogens (tertiary/aromatic N) is 3. The number of aromatic nitrogens is 1. The molecule has 144 valence electrons. The van der Waals surface area contributed by atoms with Crippen molar-refractivity contribution in [3.05, 3.63) is 23.9 Å². The van der Waals surface area contributed by atoms with Gasteiger partial charge in [0.05, 0.1) is 6.61 Å². The highest BCUT2D eigenvalue weighted by molar-refractivity contribution is 5.94. The molecule has 0 saturated carbocycles. The van der Waals surface area contributed by atoms with E-state index in [9.17, 15) is 9.59 Å². The molecule has 2 rings (SSSR count). The first-order valence-electron chi connectivity index (χ1n) is 9.06. The van der Waals surface area contributed by atoms with E-state index in [1.54, 1.807) is 23.2 Å². The average Bonchev–Trinajstić information content (AvgIpc) is 2.62. The van der Waals surface area contributed by atoms with Gasteiger partial charge in [-0.05, 0) is 46.0 Å². The molecule has 1 aromatic rings. The summed E-state index contributed by atoms with van der Waals surface area (Å²) in [4.78, 5) is 32.0. The van der Waals surface area contributed by atoms with Gasteiger partial charge in [0, 0.05) is 44.0 Å². The number of likely N-dealkylation sites (N-methyl/N-ethyl adjacent to an activating group) is 1. The maximum atomic E-state index is 12.2. The average molecular weight is 363 g/mol. The van der Waals surface area contributed by atoms with Gasteiger partial charge in [0.1, 0.15) is 5.82 Å². The van der Waals surface area contributed by atoms with Gasteiger partial charge in [-0.2, -0.15) is 0 Å². The van der Waals surface area contributed by atoms with E-state index in [4.69, 9.17) is 4.74 Å². The largest absolute Gasteiger partial charge is 0.450 e. The van der Waals surface area contributed by atoms with Crippen molar-refractivity contribution in [2.45, 2.75) is 25.8 Å². The second-order valence-electron chi connectivity index (χ2n) is 6.59. The monoisotopic (exact) mass is 363 g/mol. The molecule has 8 heteroatoms. The Morgan fingerprint density at radius 3 is 2.73 bits per heavy atom. The third-order valence-electron chi connectivity index (χ3n) is 4.24. The van der Waals surface area contributed by atoms with E-state index in [-0.39, 0.29) is 18.0 Å². The highest BCUT2D eigenvalue weighted by Crippen LogP contribution is 2.16. The number of ether oxygens (including phenoxy) is 1. The standard InChI is InChI=1S/C18H29N5O3/c1-4-26-18(25)23-10-6-15(7-11-23)21-16-13-14(5-8-19-16)17(24)20-9-12-22(2)3/h5,8,13,15H,4,6-7,9-12H2,1-3H3,(H,19,21)(H,20,24). The molecule has 0 unspecified atom stereocenters. The molecule has 26 heavy (non-hydrogen) atoms. The van der Waals surface area contributed by atoms with Crippen LogP contribution in [0.15, 0.2) is 18.3 Å². The Labute approximate surface area is 154 Å². The fraction of sp³-hybridized carbons (Fsp3) is 0.611. The van der Waals surface area contributed by atoms with Crippen molar-refractivity contribution in [1.82, 2.24) is 20.1 Å². The highest BCUT2D eigenvalue weighted by atomic mass is 16.6. The van der Waals surface area contributed by atoms with Gasteiger partial charge in [0.25, 0.3) is 5.91 Å². The van der Waals surface area contributed by atoms with Crippen molar-refractivity contribution in [3.8, 4) is 0 Å². The van der Waals surface area contributed by atoms with Crippen molar-refractivity contribution in [2.75, 3.05) is 52.2 Å². The van der Waals surface area contributed by atoms with E-state index in [0.717, 1.165) is 19.4 Å². The lowest BCUT2D eigenvalue weighted by molar-refractivity contribution is 0.0948. The minimum absolute atomic E-state index is 0.102. The Balaban J connectivity index is 1.83. The SMILES string of the molecule is CCOC(=O)N1CCC(Nc2cc(C(=O)NCCN(C)C)ccn2)CC1. The summed E-state index contributed by atoms with van der Waals surface area (Å²) in [5, 5.41) is 6.26. The third-order valence-corrected chi connectivity index (χ3v) is 4.24. The normalized spacial score (nSPS) is 15.0. The maximum Gasteiger partial charge on any atom is 0.409 e. The number of likely N-dealkylation sites (tertiary alicyclic amines) is 1. The smallest absolute Gasteiger partial charge is 0.409 e. The fourth-order valence-electron chi connectivity index (χ4n) is 2.78. The van der Waals surface area contributed by atoms with Gasteiger partial charge in [-0.1, -0.05) is 0 Å². The number of pyridine rings is 1. The van der Waals surface area contributed by atoms with Crippen molar-refractivity contribution in [2.24, 2.45) is 0 Å². The maximum absolute atomic E-state index is 12.2. The number of carbonyl (C=O) groups is 2. The zero-order valence-corrected chi connectivity index (χ0v) is 15.8. The summed E-state index contributed by atoms with van der Waals surface area (Å²) in [7, 11) is 3.93. The zero-order valence-electron chi connectivity index (χ0n) is 15.8. The summed E-state index contributed by atoms with van der Waals surface area (Å²) in [5.74, 6) is 0.578. The van der Waals surface area contributed by atoms with Crippen LogP contribution in [0.5, 0.6) is 0 Å². The summed E-state index contributed by atoms with van der Waals surface area (Å²) in [6.45, 7) is 4.90. The van der Waals surface area contributed by atoms with Crippen molar-refractivity contribution in [1.29, 1.82) is 0 Å². The van der Waals surface area contributed by atoms with Crippen molar-refractivity contribution < 1.29 is 14.3 Å². The lowest BCUT2D eigenvalue weighted by atomic mass is 10.1. The van der Waals surface area contributed by atoms with Gasteiger partial charge in [-0.3, -0.25) is 4.79 Å². The lowest BCUT2D eigenvalue weighted by Gasteiger charge is -2.31. The quantitative estimate of drug-likeness (QED) is 0.762. The van der Waals surface area contributed by atoms with E-state index in [2.05, 4.69) is 15.6 Å². The molecule has 0 aromatic carbocycles. The third kappa shape index (κ3) is 6.18. The van der Waals surface area contributed by atoms with Gasteiger partial charge in [0.2, 0.25) is 0 Å². The number of piperidine rings is 1. The molecule has 1 aromatic heterocycles. The molecular formula is C18H29N5O3. The Morgan fingerprint density at radius 2 is 2.08 bits per heavy atom. The number of amides is 2. The number of anilines is 1. The van der Waals surface area contributed by atoms with Gasteiger partial charge in [-0.25, -0.2) is 9.78 Å². The molecule has 0 bridgehead atoms. The second kappa shape index (κ2) is 9.96. The molecular weight excluding hydrogens is 334 g/mol. The number of carbonyl (C=O) groups excluding carboxylic acids is 2. The van der Waals surface area contributed by atoms with E-state index in [0.29, 0.717) is 37.6 Å². The predicted octanol–water partition coefficient (Wildman–Crippen LogP) is 1.41.